The van der Waals surface area contributed by atoms with Crippen LogP contribution in [-0.2, 0) is 10.7 Å². The molecule has 0 aliphatic carbocycles. The van der Waals surface area contributed by atoms with E-state index in [0.717, 1.165) is 22.9 Å². The fourth-order valence-electron chi connectivity index (χ4n) is 1.50. The lowest BCUT2D eigenvalue weighted by Gasteiger charge is -2.11. The van der Waals surface area contributed by atoms with Gasteiger partial charge in [0.1, 0.15) is 0 Å². The summed E-state index contributed by atoms with van der Waals surface area (Å²) in [6, 6.07) is 5.40. The third-order valence-electron chi connectivity index (χ3n) is 2.53. The lowest BCUT2D eigenvalue weighted by molar-refractivity contribution is -0.389. The van der Waals surface area contributed by atoms with E-state index in [1.165, 1.54) is 18.3 Å². The van der Waals surface area contributed by atoms with Crippen molar-refractivity contribution in [2.45, 2.75) is 5.92 Å². The zero-order valence-electron chi connectivity index (χ0n) is 9.73. The predicted molar refractivity (Wildman–Crippen MR) is 61.7 cm³/mol. The maximum atomic E-state index is 13.2. The van der Waals surface area contributed by atoms with Gasteiger partial charge in [-0.1, -0.05) is 12.1 Å². The highest BCUT2D eigenvalue weighted by atomic mass is 19.3. The highest BCUT2D eigenvalue weighted by Crippen LogP contribution is 2.28. The Hall–Kier alpha value is -2.84. The minimum Gasteiger partial charge on any atom is -0.477 e. The largest absolute Gasteiger partial charge is 0.477 e. The standard InChI is InChI=1S/C11H7F2N3O4/c12-11(13,10(17)18)7-1-3-8(4-2-7)15-6-5-9(14-15)16(19)20/h1-6H,(H,17,18). The molecule has 2 aromatic rings. The topological polar surface area (TPSA) is 98.3 Å². The van der Waals surface area contributed by atoms with Crippen LogP contribution in [0.15, 0.2) is 36.5 Å². The van der Waals surface area contributed by atoms with Crippen LogP contribution >= 0.6 is 0 Å². The molecule has 7 nitrogen and oxygen atoms in total. The van der Waals surface area contributed by atoms with Crippen molar-refractivity contribution in [3.63, 3.8) is 0 Å². The molecule has 104 valence electrons. The molecule has 1 N–H and O–H groups in total. The van der Waals surface area contributed by atoms with E-state index in [2.05, 4.69) is 5.10 Å². The number of nitrogens with zero attached hydrogens (tertiary/aromatic N) is 3. The molecule has 0 bridgehead atoms. The van der Waals surface area contributed by atoms with Gasteiger partial charge in [0, 0.05) is 5.56 Å². The van der Waals surface area contributed by atoms with Gasteiger partial charge in [-0.15, -0.1) is 4.68 Å². The molecule has 0 aliphatic rings. The smallest absolute Gasteiger partial charge is 0.390 e. The molecule has 1 aromatic heterocycles. The summed E-state index contributed by atoms with van der Waals surface area (Å²) in [6.07, 6.45) is 1.29. The molecule has 0 saturated heterocycles. The first-order valence-electron chi connectivity index (χ1n) is 5.24. The summed E-state index contributed by atoms with van der Waals surface area (Å²) in [7, 11) is 0. The quantitative estimate of drug-likeness (QED) is 0.683. The molecule has 0 atom stereocenters. The zero-order chi connectivity index (χ0) is 14.9. The molecule has 1 heterocycles. The van der Waals surface area contributed by atoms with Gasteiger partial charge in [-0.25, -0.2) is 4.79 Å². The van der Waals surface area contributed by atoms with Crippen molar-refractivity contribution in [3.8, 4) is 5.69 Å². The number of carbonyl (C=O) groups is 1. The van der Waals surface area contributed by atoms with Crippen LogP contribution in [0.3, 0.4) is 0 Å². The summed E-state index contributed by atoms with van der Waals surface area (Å²) in [6.45, 7) is 0. The number of aromatic nitrogens is 2. The van der Waals surface area contributed by atoms with Gasteiger partial charge in [0.15, 0.2) is 0 Å². The Morgan fingerprint density at radius 1 is 1.30 bits per heavy atom. The van der Waals surface area contributed by atoms with Gasteiger partial charge >= 0.3 is 17.7 Å². The number of rotatable bonds is 4. The molecular weight excluding hydrogens is 276 g/mol. The Bertz CT molecular complexity index is 667. The van der Waals surface area contributed by atoms with Gasteiger partial charge < -0.3 is 15.2 Å². The van der Waals surface area contributed by atoms with Crippen LogP contribution in [0.1, 0.15) is 5.56 Å². The number of carboxylic acids is 1. The van der Waals surface area contributed by atoms with E-state index in [0.29, 0.717) is 5.69 Å². The predicted octanol–water partition coefficient (Wildman–Crippen LogP) is 1.96. The van der Waals surface area contributed by atoms with Gasteiger partial charge in [-0.2, -0.15) is 8.78 Å². The number of hydrogen-bond donors (Lipinski definition) is 1. The third-order valence-corrected chi connectivity index (χ3v) is 2.53. The molecule has 20 heavy (non-hydrogen) atoms. The molecule has 9 heteroatoms. The van der Waals surface area contributed by atoms with E-state index in [1.807, 2.05) is 0 Å². The van der Waals surface area contributed by atoms with Crippen LogP contribution in [-0.4, -0.2) is 25.8 Å². The SMILES string of the molecule is O=C(O)C(F)(F)c1ccc(-n2ccc([N+](=O)[O-])n2)cc1. The average Bonchev–Trinajstić information content (AvgIpc) is 2.88. The molecule has 0 radical (unpaired) electrons. The van der Waals surface area contributed by atoms with Crippen LogP contribution in [0.2, 0.25) is 0 Å². The van der Waals surface area contributed by atoms with Crippen LogP contribution in [0, 0.1) is 10.1 Å². The highest BCUT2D eigenvalue weighted by molar-refractivity contribution is 5.77. The van der Waals surface area contributed by atoms with Gasteiger partial charge in [0.2, 0.25) is 0 Å². The minimum absolute atomic E-state index is 0.294. The van der Waals surface area contributed by atoms with Gasteiger partial charge in [-0.3, -0.25) is 0 Å². The normalized spacial score (nSPS) is 11.3. The van der Waals surface area contributed by atoms with Gasteiger partial charge in [-0.05, 0) is 17.1 Å². The summed E-state index contributed by atoms with van der Waals surface area (Å²) in [5.74, 6) is -6.63. The van der Waals surface area contributed by atoms with Crippen molar-refractivity contribution < 1.29 is 23.6 Å². The van der Waals surface area contributed by atoms with Crippen molar-refractivity contribution in [2.24, 2.45) is 0 Å². The van der Waals surface area contributed by atoms with E-state index in [-0.39, 0.29) is 5.82 Å². The monoisotopic (exact) mass is 283 g/mol. The first-order chi connectivity index (χ1) is 9.32. The lowest BCUT2D eigenvalue weighted by atomic mass is 10.1. The van der Waals surface area contributed by atoms with E-state index in [9.17, 15) is 23.7 Å². The number of alkyl halides is 2. The van der Waals surface area contributed by atoms with E-state index < -0.39 is 22.4 Å². The first-order valence-corrected chi connectivity index (χ1v) is 5.24. The first kappa shape index (κ1) is 13.6. The summed E-state index contributed by atoms with van der Waals surface area (Å²) in [5, 5.41) is 22.5. The molecule has 0 fully saturated rings. The summed E-state index contributed by atoms with van der Waals surface area (Å²) in [5.41, 5.74) is -0.390. The number of carboxylic acid groups (broad SMARTS) is 1. The molecule has 0 unspecified atom stereocenters. The molecule has 2 rings (SSSR count). The van der Waals surface area contributed by atoms with Crippen molar-refractivity contribution in [1.82, 2.24) is 9.78 Å². The number of aliphatic carboxylic acids is 1. The maximum absolute atomic E-state index is 13.2. The second kappa shape index (κ2) is 4.68. The van der Waals surface area contributed by atoms with Gasteiger partial charge in [0.25, 0.3) is 0 Å². The zero-order valence-corrected chi connectivity index (χ0v) is 9.73. The van der Waals surface area contributed by atoms with Crippen molar-refractivity contribution in [2.75, 3.05) is 0 Å². The number of halogens is 2. The Balaban J connectivity index is 2.32. The Labute approximate surface area is 110 Å². The third kappa shape index (κ3) is 2.32. The number of benzene rings is 1. The summed E-state index contributed by atoms with van der Waals surface area (Å²) >= 11 is 0. The van der Waals surface area contributed by atoms with E-state index in [4.69, 9.17) is 5.11 Å². The lowest BCUT2D eigenvalue weighted by Crippen LogP contribution is -2.25. The summed E-state index contributed by atoms with van der Waals surface area (Å²) in [4.78, 5) is 20.2. The van der Waals surface area contributed by atoms with Crippen LogP contribution in [0.4, 0.5) is 14.6 Å². The maximum Gasteiger partial charge on any atom is 0.390 e. The Kier molecular flexibility index (Phi) is 3.18. The average molecular weight is 283 g/mol. The summed E-state index contributed by atoms with van der Waals surface area (Å²) < 4.78 is 27.5. The minimum atomic E-state index is -3.99. The molecule has 0 amide bonds. The second-order valence-corrected chi connectivity index (χ2v) is 3.80. The van der Waals surface area contributed by atoms with Crippen molar-refractivity contribution >= 4 is 11.8 Å². The Morgan fingerprint density at radius 2 is 1.90 bits per heavy atom. The molecule has 0 saturated carbocycles. The van der Waals surface area contributed by atoms with Crippen LogP contribution in [0.25, 0.3) is 5.69 Å². The van der Waals surface area contributed by atoms with Crippen molar-refractivity contribution in [1.29, 1.82) is 0 Å². The van der Waals surface area contributed by atoms with Gasteiger partial charge in [0.05, 0.1) is 23.0 Å². The van der Waals surface area contributed by atoms with E-state index in [1.54, 1.807) is 0 Å². The fourth-order valence-corrected chi connectivity index (χ4v) is 1.50. The molecule has 0 aliphatic heterocycles. The number of hydrogen-bond acceptors (Lipinski definition) is 4. The van der Waals surface area contributed by atoms with Crippen molar-refractivity contribution in [3.05, 3.63) is 52.2 Å². The van der Waals surface area contributed by atoms with Crippen LogP contribution in [0.5, 0.6) is 0 Å². The van der Waals surface area contributed by atoms with E-state index >= 15 is 0 Å². The Morgan fingerprint density at radius 3 is 2.35 bits per heavy atom. The fraction of sp³-hybridized carbons (Fsp3) is 0.0909. The highest BCUT2D eigenvalue weighted by Gasteiger charge is 2.40. The molecule has 1 aromatic carbocycles. The molecule has 0 spiro atoms. The van der Waals surface area contributed by atoms with Crippen LogP contribution < -0.4 is 0 Å². The second-order valence-electron chi connectivity index (χ2n) is 3.80. The molecular formula is C11H7F2N3O4. The number of nitro groups is 1.